The summed E-state index contributed by atoms with van der Waals surface area (Å²) in [5, 5.41) is -0.120. The quantitative estimate of drug-likeness (QED) is 0.0508. The van der Waals surface area contributed by atoms with Crippen LogP contribution >= 0.6 is 0 Å². The number of aromatic nitrogens is 2. The van der Waals surface area contributed by atoms with E-state index in [1.54, 1.807) is 36.4 Å². The fourth-order valence-corrected chi connectivity index (χ4v) is 12.6. The fourth-order valence-electron chi connectivity index (χ4n) is 10.6. The van der Waals surface area contributed by atoms with Crippen molar-refractivity contribution < 1.29 is 76.5 Å². The minimum Gasteiger partial charge on any atom is -0.268 e. The van der Waals surface area contributed by atoms with Crippen LogP contribution in [0.4, 0.5) is 32.0 Å². The number of ether oxygens (including phenoxy) is 2. The molecule has 7 aromatic carbocycles. The summed E-state index contributed by atoms with van der Waals surface area (Å²) in [4.78, 5) is 110. The standard InChI is InChI=1S/C63H45F6IN5O10/c1-32(2)72-52(77)47-30-49-50(31-48(47)53(72)78)56(81)74(55(49)80)38-16-24-42(25-17-38)85-40-20-12-36(13-21-40)70-71-60(6,7)75-57(82)44-27-11-35(29-46(44)58(75)83)61(62(64,65)66,63(67,68)69)34-10-26-43-45(28-34)54(79)73(51(43)76)37-14-22-41(23-15-37)84-39-18-8-33(9-19-39)59(3,4)5/h8-31,71H,1H2,2-7H3/q-1. The van der Waals surface area contributed by atoms with Crippen molar-refractivity contribution in [1.82, 2.24) is 17.6 Å². The SMILES string of the molecule is C=C(C)n1c(=O)c2cc3c(=O)n(-c4ccc(Oc5ccc([I-]NC(C)(C)N6C(=O)c7ccc(C(c8ccc9c(c8)C(=O)N(c8ccc(Oc%10ccc(C(C)(C)C)cc%10)cc8)C9=O)(C(F)(F)F)C(F)(F)F)cc7C6=O)cc5)cc4)c(=O)c3cc2c1=O. The van der Waals surface area contributed by atoms with E-state index >= 15 is 26.3 Å². The van der Waals surface area contributed by atoms with E-state index in [0.717, 1.165) is 31.7 Å². The van der Waals surface area contributed by atoms with Gasteiger partial charge in [-0.15, -0.1) is 0 Å². The van der Waals surface area contributed by atoms with E-state index in [0.29, 0.717) is 55.7 Å². The van der Waals surface area contributed by atoms with Crippen LogP contribution in [0, 0.1) is 3.57 Å². The molecule has 2 aromatic heterocycles. The molecule has 85 heavy (non-hydrogen) atoms. The van der Waals surface area contributed by atoms with Crippen molar-refractivity contribution in [2.24, 2.45) is 0 Å². The minimum absolute atomic E-state index is 0.0184. The zero-order valence-corrected chi connectivity index (χ0v) is 47.7. The summed E-state index contributed by atoms with van der Waals surface area (Å²) in [5.74, 6) is -2.89. The van der Waals surface area contributed by atoms with Crippen molar-refractivity contribution in [2.75, 3.05) is 4.90 Å². The van der Waals surface area contributed by atoms with Crippen molar-refractivity contribution in [2.45, 2.75) is 70.4 Å². The summed E-state index contributed by atoms with van der Waals surface area (Å²) in [6.07, 6.45) is -12.4. The van der Waals surface area contributed by atoms with Gasteiger partial charge in [-0.1, -0.05) is 39.5 Å². The number of benzene rings is 7. The molecule has 0 bridgehead atoms. The minimum atomic E-state index is -6.18. The molecule has 15 nitrogen and oxygen atoms in total. The number of carbonyl (C=O) groups excluding carboxylic acids is 4. The maximum absolute atomic E-state index is 15.7. The van der Waals surface area contributed by atoms with Crippen LogP contribution in [-0.2, 0) is 10.8 Å². The Morgan fingerprint density at radius 2 is 0.835 bits per heavy atom. The van der Waals surface area contributed by atoms with Crippen molar-refractivity contribution in [3.05, 3.63) is 236 Å². The Kier molecular flexibility index (Phi) is 13.7. The molecule has 0 spiro atoms. The summed E-state index contributed by atoms with van der Waals surface area (Å²) in [6.45, 7) is 14.2. The maximum atomic E-state index is 15.7. The second-order valence-corrected chi connectivity index (χ2v) is 24.2. The van der Waals surface area contributed by atoms with E-state index in [-0.39, 0.29) is 44.0 Å². The number of carbonyl (C=O) groups is 4. The molecule has 432 valence electrons. The van der Waals surface area contributed by atoms with Crippen molar-refractivity contribution in [3.63, 3.8) is 0 Å². The predicted molar refractivity (Wildman–Crippen MR) is 299 cm³/mol. The molecule has 2 aliphatic heterocycles. The first-order valence-corrected chi connectivity index (χ1v) is 28.1. The van der Waals surface area contributed by atoms with Gasteiger partial charge in [0.25, 0.3) is 17.0 Å². The van der Waals surface area contributed by atoms with Crippen LogP contribution in [-0.4, -0.2) is 55.7 Å². The Hall–Kier alpha value is -9.29. The molecule has 0 radical (unpaired) electrons. The van der Waals surface area contributed by atoms with Crippen molar-refractivity contribution in [1.29, 1.82) is 0 Å². The first-order chi connectivity index (χ1) is 39.9. The number of nitrogens with one attached hydrogen (secondary N) is 1. The summed E-state index contributed by atoms with van der Waals surface area (Å²) < 4.78 is 111. The number of alkyl halides is 6. The molecule has 0 atom stereocenters. The third-order valence-corrected chi connectivity index (χ3v) is 17.8. The molecule has 2 aliphatic rings. The molecular weight excluding hydrogens is 1230 g/mol. The first kappa shape index (κ1) is 57.5. The van der Waals surface area contributed by atoms with Crippen LogP contribution < -0.4 is 61.6 Å². The van der Waals surface area contributed by atoms with Gasteiger partial charge in [0.05, 0.1) is 16.5 Å². The van der Waals surface area contributed by atoms with E-state index < -0.39 is 124 Å². The third-order valence-electron chi connectivity index (χ3n) is 14.9. The zero-order valence-electron chi connectivity index (χ0n) is 45.6. The Morgan fingerprint density at radius 1 is 0.459 bits per heavy atom. The molecule has 0 saturated carbocycles. The molecule has 4 heterocycles. The van der Waals surface area contributed by atoms with Gasteiger partial charge in [-0.2, -0.15) is 0 Å². The molecule has 11 rings (SSSR count). The first-order valence-electron chi connectivity index (χ1n) is 25.9. The number of halogens is 7. The number of hydrogen-bond acceptors (Lipinski definition) is 11. The van der Waals surface area contributed by atoms with Gasteiger partial charge < -0.3 is 4.74 Å². The van der Waals surface area contributed by atoms with E-state index in [4.69, 9.17) is 9.47 Å². The van der Waals surface area contributed by atoms with E-state index in [9.17, 15) is 38.4 Å². The van der Waals surface area contributed by atoms with Gasteiger partial charge in [-0.05, 0) is 66.4 Å². The molecule has 0 saturated heterocycles. The number of hydrogen-bond donors (Lipinski definition) is 1. The molecule has 4 amide bonds. The van der Waals surface area contributed by atoms with Gasteiger partial charge in [-0.3, -0.25) is 19.2 Å². The summed E-state index contributed by atoms with van der Waals surface area (Å²) in [6, 6.07) is 31.1. The van der Waals surface area contributed by atoms with Gasteiger partial charge >= 0.3 is 301 Å². The van der Waals surface area contributed by atoms with Crippen LogP contribution in [0.2, 0.25) is 0 Å². The van der Waals surface area contributed by atoms with Gasteiger partial charge in [0.15, 0.2) is 0 Å². The number of imide groups is 2. The number of nitrogens with zero attached hydrogens (tertiary/aromatic N) is 4. The van der Waals surface area contributed by atoms with Crippen LogP contribution in [0.15, 0.2) is 171 Å². The van der Waals surface area contributed by atoms with E-state index in [1.807, 2.05) is 12.1 Å². The molecule has 9 aromatic rings. The average Bonchev–Trinajstić information content (AvgIpc) is 1.87. The van der Waals surface area contributed by atoms with Crippen LogP contribution in [0.5, 0.6) is 23.0 Å². The molecule has 0 unspecified atom stereocenters. The molecule has 0 aliphatic carbocycles. The zero-order chi connectivity index (χ0) is 61.2. The normalized spacial score (nSPS) is 14.1. The van der Waals surface area contributed by atoms with Crippen molar-refractivity contribution in [3.8, 4) is 28.7 Å². The smallest absolute Gasteiger partial charge is 0.268 e. The number of amides is 4. The number of rotatable bonds is 13. The second-order valence-electron chi connectivity index (χ2n) is 21.9. The number of fused-ring (bicyclic) bond motifs is 4. The monoisotopic (exact) mass is 1270 g/mol. The van der Waals surface area contributed by atoms with E-state index in [1.165, 1.54) is 81.4 Å². The Labute approximate surface area is 488 Å². The predicted octanol–water partition coefficient (Wildman–Crippen LogP) is 8.28. The van der Waals surface area contributed by atoms with Gasteiger partial charge in [-0.25, -0.2) is 9.47 Å². The average molecular weight is 1270 g/mol. The molecular formula is C63H45F6IN5O10-. The Morgan fingerprint density at radius 3 is 1.28 bits per heavy atom. The number of allylic oxidation sites excluding steroid dienone is 1. The van der Waals surface area contributed by atoms with E-state index in [2.05, 4.69) is 30.9 Å². The number of anilines is 1. The van der Waals surface area contributed by atoms with Gasteiger partial charge in [0, 0.05) is 5.70 Å². The molecule has 22 heteroatoms. The van der Waals surface area contributed by atoms with Crippen LogP contribution in [0.1, 0.15) is 99.7 Å². The Balaban J connectivity index is 0.784. The summed E-state index contributed by atoms with van der Waals surface area (Å²) in [5.41, 5.74) is -13.1. The van der Waals surface area contributed by atoms with Gasteiger partial charge in [0.1, 0.15) is 11.5 Å². The summed E-state index contributed by atoms with van der Waals surface area (Å²) >= 11 is -1.28. The molecule has 1 N–H and O–H groups in total. The van der Waals surface area contributed by atoms with Crippen LogP contribution in [0.3, 0.4) is 0 Å². The fraction of sp³-hybridized carbons (Fsp3) is 0.175. The van der Waals surface area contributed by atoms with Crippen LogP contribution in [0.25, 0.3) is 32.9 Å². The second kappa shape index (κ2) is 20.2. The van der Waals surface area contributed by atoms with Crippen molar-refractivity contribution >= 4 is 56.6 Å². The molecule has 0 fully saturated rings. The topological polar surface area (TPSA) is 183 Å². The Bertz CT molecular complexity index is 4460. The third kappa shape index (κ3) is 9.43. The van der Waals surface area contributed by atoms with Gasteiger partial charge in [0.2, 0.25) is 0 Å². The summed E-state index contributed by atoms with van der Waals surface area (Å²) in [7, 11) is 0.